The van der Waals surface area contributed by atoms with Gasteiger partial charge in [-0.05, 0) is 26.2 Å². The third-order valence-corrected chi connectivity index (χ3v) is 3.98. The Hall–Kier alpha value is -1.63. The second-order valence-electron chi connectivity index (χ2n) is 4.81. The van der Waals surface area contributed by atoms with E-state index in [1.807, 2.05) is 13.8 Å². The molecule has 0 radical (unpaired) electrons. The van der Waals surface area contributed by atoms with Gasteiger partial charge in [0.15, 0.2) is 5.13 Å². The van der Waals surface area contributed by atoms with Gasteiger partial charge in [0.25, 0.3) is 0 Å². The Morgan fingerprint density at radius 3 is 2.57 bits per heavy atom. The molecule has 0 fully saturated rings. The number of amides is 2. The van der Waals surface area contributed by atoms with Crippen molar-refractivity contribution < 1.29 is 14.7 Å². The third-order valence-electron chi connectivity index (χ3n) is 3.05. The number of unbranched alkanes of at least 4 members (excludes halogenated alkanes) is 3. The van der Waals surface area contributed by atoms with Crippen molar-refractivity contribution in [3.05, 3.63) is 10.6 Å². The zero-order chi connectivity index (χ0) is 15.7. The minimum atomic E-state index is -0.752. The van der Waals surface area contributed by atoms with Gasteiger partial charge in [-0.15, -0.1) is 11.3 Å². The number of aromatic nitrogens is 1. The maximum Gasteiger partial charge on any atom is 0.321 e. The fourth-order valence-corrected chi connectivity index (χ4v) is 2.80. The molecule has 0 aliphatic rings. The molecule has 0 aromatic carbocycles. The van der Waals surface area contributed by atoms with Crippen molar-refractivity contribution in [2.24, 2.45) is 0 Å². The van der Waals surface area contributed by atoms with Gasteiger partial charge < -0.3 is 10.4 Å². The Morgan fingerprint density at radius 1 is 1.24 bits per heavy atom. The highest BCUT2D eigenvalue weighted by molar-refractivity contribution is 7.15. The van der Waals surface area contributed by atoms with E-state index >= 15 is 0 Å². The highest BCUT2D eigenvalue weighted by atomic mass is 32.1. The first kappa shape index (κ1) is 17.4. The van der Waals surface area contributed by atoms with Crippen LogP contribution in [0.25, 0.3) is 0 Å². The molecule has 1 rings (SSSR count). The average molecular weight is 313 g/mol. The molecule has 21 heavy (non-hydrogen) atoms. The van der Waals surface area contributed by atoms with Crippen LogP contribution in [0.5, 0.6) is 0 Å². The van der Waals surface area contributed by atoms with Gasteiger partial charge in [-0.1, -0.05) is 19.8 Å². The van der Waals surface area contributed by atoms with E-state index in [1.165, 1.54) is 11.3 Å². The van der Waals surface area contributed by atoms with Gasteiger partial charge in [0.05, 0.1) is 5.69 Å². The molecule has 0 spiro atoms. The van der Waals surface area contributed by atoms with Crippen LogP contribution in [0, 0.1) is 6.92 Å². The third kappa shape index (κ3) is 7.08. The zero-order valence-corrected chi connectivity index (χ0v) is 13.4. The molecule has 2 amide bonds. The summed E-state index contributed by atoms with van der Waals surface area (Å²) < 4.78 is 0. The number of carboxylic acids is 1. The van der Waals surface area contributed by atoms with Gasteiger partial charge in [-0.2, -0.15) is 0 Å². The van der Waals surface area contributed by atoms with Crippen LogP contribution in [0.4, 0.5) is 9.93 Å². The Kier molecular flexibility index (Phi) is 7.74. The molecule has 1 heterocycles. The van der Waals surface area contributed by atoms with Crippen molar-refractivity contribution in [2.75, 3.05) is 11.9 Å². The number of urea groups is 1. The Bertz CT molecular complexity index is 474. The normalized spacial score (nSPS) is 10.4. The molecular weight excluding hydrogens is 290 g/mol. The molecule has 6 nitrogen and oxygen atoms in total. The molecule has 1 aromatic rings. The van der Waals surface area contributed by atoms with Crippen molar-refractivity contribution in [3.8, 4) is 0 Å². The number of carbonyl (C=O) groups is 2. The first-order valence-electron chi connectivity index (χ1n) is 7.26. The highest BCUT2D eigenvalue weighted by Gasteiger charge is 2.08. The van der Waals surface area contributed by atoms with Crippen molar-refractivity contribution >= 4 is 28.5 Å². The van der Waals surface area contributed by atoms with E-state index in [-0.39, 0.29) is 12.5 Å². The van der Waals surface area contributed by atoms with E-state index in [0.29, 0.717) is 18.1 Å². The van der Waals surface area contributed by atoms with E-state index in [2.05, 4.69) is 15.6 Å². The molecule has 0 unspecified atom stereocenters. The average Bonchev–Trinajstić information content (AvgIpc) is 2.77. The summed E-state index contributed by atoms with van der Waals surface area (Å²) in [5.74, 6) is -0.752. The summed E-state index contributed by atoms with van der Waals surface area (Å²) in [5.41, 5.74) is 1.02. The summed E-state index contributed by atoms with van der Waals surface area (Å²) >= 11 is 1.48. The van der Waals surface area contributed by atoms with Crippen LogP contribution in [0.3, 0.4) is 0 Å². The summed E-state index contributed by atoms with van der Waals surface area (Å²) in [5, 5.41) is 14.6. The van der Waals surface area contributed by atoms with Gasteiger partial charge in [0, 0.05) is 17.8 Å². The Balaban J connectivity index is 2.12. The van der Waals surface area contributed by atoms with Crippen molar-refractivity contribution in [2.45, 2.75) is 52.4 Å². The lowest BCUT2D eigenvalue weighted by molar-refractivity contribution is -0.137. The smallest absolute Gasteiger partial charge is 0.321 e. The maximum atomic E-state index is 11.7. The Morgan fingerprint density at radius 2 is 1.95 bits per heavy atom. The van der Waals surface area contributed by atoms with Crippen molar-refractivity contribution in [1.82, 2.24) is 10.3 Å². The summed E-state index contributed by atoms with van der Waals surface area (Å²) in [4.78, 5) is 27.5. The predicted octanol–water partition coefficient (Wildman–Crippen LogP) is 3.17. The molecule has 0 aliphatic heterocycles. The van der Waals surface area contributed by atoms with Crippen LogP contribution < -0.4 is 10.6 Å². The van der Waals surface area contributed by atoms with Crippen LogP contribution in [0.1, 0.15) is 49.6 Å². The molecule has 0 atom stereocenters. The van der Waals surface area contributed by atoms with Crippen LogP contribution in [0.15, 0.2) is 0 Å². The fraction of sp³-hybridized carbons (Fsp3) is 0.643. The molecule has 7 heteroatoms. The lowest BCUT2D eigenvalue weighted by atomic mass is 10.1. The van der Waals surface area contributed by atoms with Crippen molar-refractivity contribution in [3.63, 3.8) is 0 Å². The van der Waals surface area contributed by atoms with E-state index < -0.39 is 5.97 Å². The van der Waals surface area contributed by atoms with E-state index in [0.717, 1.165) is 36.3 Å². The van der Waals surface area contributed by atoms with Gasteiger partial charge in [-0.3, -0.25) is 10.1 Å². The first-order chi connectivity index (χ1) is 10.0. The standard InChI is InChI=1S/C14H23N3O3S/c1-3-11-10(2)21-14(16-11)17-13(20)15-9-7-5-4-6-8-12(18)19/h3-9H2,1-2H3,(H,18,19)(H2,15,16,17,20). The van der Waals surface area contributed by atoms with Gasteiger partial charge in [0.1, 0.15) is 0 Å². The molecule has 0 aliphatic carbocycles. The maximum absolute atomic E-state index is 11.7. The molecule has 1 aromatic heterocycles. The van der Waals surface area contributed by atoms with E-state index in [1.54, 1.807) is 0 Å². The fourth-order valence-electron chi connectivity index (χ4n) is 1.91. The number of thiazole rings is 1. The lowest BCUT2D eigenvalue weighted by Gasteiger charge is -2.05. The van der Waals surface area contributed by atoms with Crippen molar-refractivity contribution in [1.29, 1.82) is 0 Å². The van der Waals surface area contributed by atoms with Gasteiger partial charge in [0.2, 0.25) is 0 Å². The molecular formula is C14H23N3O3S. The summed E-state index contributed by atoms with van der Waals surface area (Å²) in [7, 11) is 0. The number of anilines is 1. The highest BCUT2D eigenvalue weighted by Crippen LogP contribution is 2.22. The number of hydrogen-bond acceptors (Lipinski definition) is 4. The molecule has 0 saturated heterocycles. The SMILES string of the molecule is CCc1nc(NC(=O)NCCCCCCC(=O)O)sc1C. The number of nitrogens with zero attached hydrogens (tertiary/aromatic N) is 1. The lowest BCUT2D eigenvalue weighted by Crippen LogP contribution is -2.29. The molecule has 118 valence electrons. The van der Waals surface area contributed by atoms with E-state index in [4.69, 9.17) is 5.11 Å². The van der Waals surface area contributed by atoms with E-state index in [9.17, 15) is 9.59 Å². The molecule has 3 N–H and O–H groups in total. The number of aryl methyl sites for hydroxylation is 2. The number of nitrogens with one attached hydrogen (secondary N) is 2. The molecule has 0 saturated carbocycles. The molecule has 0 bridgehead atoms. The van der Waals surface area contributed by atoms with Gasteiger partial charge in [-0.25, -0.2) is 9.78 Å². The zero-order valence-electron chi connectivity index (χ0n) is 12.6. The summed E-state index contributed by atoms with van der Waals surface area (Å²) in [6.45, 7) is 4.62. The second kappa shape index (κ2) is 9.33. The van der Waals surface area contributed by atoms with Crippen LogP contribution in [0.2, 0.25) is 0 Å². The largest absolute Gasteiger partial charge is 0.481 e. The van der Waals surface area contributed by atoms with Gasteiger partial charge >= 0.3 is 12.0 Å². The minimum absolute atomic E-state index is 0.219. The second-order valence-corrected chi connectivity index (χ2v) is 6.02. The summed E-state index contributed by atoms with van der Waals surface area (Å²) in [6.07, 6.45) is 4.42. The van der Waals surface area contributed by atoms with Crippen LogP contribution >= 0.6 is 11.3 Å². The number of rotatable bonds is 9. The summed E-state index contributed by atoms with van der Waals surface area (Å²) in [6, 6.07) is -0.239. The monoisotopic (exact) mass is 313 g/mol. The van der Waals surface area contributed by atoms with Crippen LogP contribution in [-0.2, 0) is 11.2 Å². The topological polar surface area (TPSA) is 91.3 Å². The van der Waals surface area contributed by atoms with Crippen LogP contribution in [-0.4, -0.2) is 28.6 Å². The first-order valence-corrected chi connectivity index (χ1v) is 8.07. The number of carboxylic acid groups (broad SMARTS) is 1. The minimum Gasteiger partial charge on any atom is -0.481 e. The Labute approximate surface area is 129 Å². The number of carbonyl (C=O) groups excluding carboxylic acids is 1. The number of aliphatic carboxylic acids is 1. The quantitative estimate of drug-likeness (QED) is 0.611. The predicted molar refractivity (Wildman–Crippen MR) is 84.0 cm³/mol. The number of hydrogen-bond donors (Lipinski definition) is 3.